The zero-order valence-electron chi connectivity index (χ0n) is 21.5. The highest BCUT2D eigenvalue weighted by molar-refractivity contribution is 6.38. The minimum absolute atomic E-state index is 0.106. The van der Waals surface area contributed by atoms with Gasteiger partial charge >= 0.3 is 0 Å². The van der Waals surface area contributed by atoms with Gasteiger partial charge in [-0.1, -0.05) is 41.9 Å². The van der Waals surface area contributed by atoms with Gasteiger partial charge in [0.1, 0.15) is 6.04 Å². The molecule has 1 saturated heterocycles. The maximum Gasteiger partial charge on any atom is 0.287 e. The summed E-state index contributed by atoms with van der Waals surface area (Å²) in [6.07, 6.45) is 3.32. The number of Topliss-reactive ketones (excluding diaryl/α,β-unsaturated/α-hetero) is 1. The number of primary amides is 1. The highest BCUT2D eigenvalue weighted by Gasteiger charge is 2.27. The third kappa shape index (κ3) is 6.03. The third-order valence-corrected chi connectivity index (χ3v) is 6.90. The number of hydrogen-bond acceptors (Lipinski definition) is 7. The van der Waals surface area contributed by atoms with E-state index in [1.807, 2.05) is 24.3 Å². The first kappa shape index (κ1) is 27.0. The van der Waals surface area contributed by atoms with Crippen LogP contribution in [0.15, 0.2) is 79.1 Å². The number of halogens is 1. The Morgan fingerprint density at radius 1 is 1.02 bits per heavy atom. The number of nitrogens with two attached hydrogens (primary N) is 1. The number of hydrogen-bond donors (Lipinski definition) is 2. The summed E-state index contributed by atoms with van der Waals surface area (Å²) in [5, 5.41) is 7.82. The van der Waals surface area contributed by atoms with Gasteiger partial charge in [-0.05, 0) is 42.0 Å². The number of anilines is 1. The summed E-state index contributed by atoms with van der Waals surface area (Å²) in [6, 6.07) is 18.7. The fraction of sp³-hybridized carbons (Fsp3) is 0.207. The number of aromatic nitrogens is 3. The molecule has 3 heterocycles. The number of amides is 2. The molecule has 10 nitrogen and oxygen atoms in total. The minimum atomic E-state index is -1.14. The Morgan fingerprint density at radius 3 is 2.52 bits per heavy atom. The Balaban J connectivity index is 1.38. The summed E-state index contributed by atoms with van der Waals surface area (Å²) in [4.78, 5) is 44.2. The van der Waals surface area contributed by atoms with Gasteiger partial charge in [-0.2, -0.15) is 5.10 Å². The van der Waals surface area contributed by atoms with Crippen LogP contribution >= 0.6 is 11.6 Å². The fourth-order valence-electron chi connectivity index (χ4n) is 4.54. The molecule has 0 spiro atoms. The largest absolute Gasteiger partial charge is 0.378 e. The van der Waals surface area contributed by atoms with E-state index in [2.05, 4.69) is 20.3 Å². The maximum absolute atomic E-state index is 13.4. The highest BCUT2D eigenvalue weighted by atomic mass is 35.5. The zero-order valence-corrected chi connectivity index (χ0v) is 22.3. The van der Waals surface area contributed by atoms with Crippen molar-refractivity contribution in [2.24, 2.45) is 5.73 Å². The van der Waals surface area contributed by atoms with Crippen molar-refractivity contribution >= 4 is 34.9 Å². The predicted molar refractivity (Wildman–Crippen MR) is 150 cm³/mol. The first-order valence-electron chi connectivity index (χ1n) is 12.7. The molecule has 1 unspecified atom stereocenters. The van der Waals surface area contributed by atoms with Crippen LogP contribution in [-0.2, 0) is 20.7 Å². The number of pyridine rings is 1. The van der Waals surface area contributed by atoms with Gasteiger partial charge in [-0.3, -0.25) is 14.4 Å². The van der Waals surface area contributed by atoms with Crippen molar-refractivity contribution in [1.82, 2.24) is 20.1 Å². The summed E-state index contributed by atoms with van der Waals surface area (Å²) < 4.78 is 6.90. The van der Waals surface area contributed by atoms with Gasteiger partial charge in [0.05, 0.1) is 29.5 Å². The number of rotatable bonds is 9. The molecule has 0 bridgehead atoms. The van der Waals surface area contributed by atoms with Crippen LogP contribution in [0.2, 0.25) is 5.02 Å². The second kappa shape index (κ2) is 12.1. The lowest BCUT2D eigenvalue weighted by Crippen LogP contribution is -2.47. The summed E-state index contributed by atoms with van der Waals surface area (Å²) in [5.41, 5.74) is 8.54. The molecule has 1 fully saturated rings. The summed E-state index contributed by atoms with van der Waals surface area (Å²) >= 11 is 6.64. The average Bonchev–Trinajstić information content (AvgIpc) is 3.47. The van der Waals surface area contributed by atoms with E-state index in [4.69, 9.17) is 22.1 Å². The van der Waals surface area contributed by atoms with E-state index in [9.17, 15) is 14.4 Å². The van der Waals surface area contributed by atoms with Gasteiger partial charge < -0.3 is 20.7 Å². The molecule has 204 valence electrons. The SMILES string of the molecule is NC(=O)C(=O)C(Cc1ccccc1)NC(=O)c1cccnc1-n1ccc(-c2ccc(N3CCOCC3)cc2Cl)n1. The molecule has 0 saturated carbocycles. The smallest absolute Gasteiger partial charge is 0.287 e. The number of morpholine rings is 1. The van der Waals surface area contributed by atoms with Gasteiger partial charge in [-0.15, -0.1) is 0 Å². The second-order valence-electron chi connectivity index (χ2n) is 9.23. The average molecular weight is 559 g/mol. The first-order valence-corrected chi connectivity index (χ1v) is 13.1. The van der Waals surface area contributed by atoms with Gasteiger partial charge in [0.15, 0.2) is 5.82 Å². The van der Waals surface area contributed by atoms with E-state index in [0.717, 1.165) is 29.9 Å². The Kier molecular flexibility index (Phi) is 8.18. The van der Waals surface area contributed by atoms with Gasteiger partial charge in [0, 0.05) is 43.2 Å². The molecule has 1 atom stereocenters. The second-order valence-corrected chi connectivity index (χ2v) is 9.64. The molecule has 0 aliphatic carbocycles. The monoisotopic (exact) mass is 558 g/mol. The van der Waals surface area contributed by atoms with Gasteiger partial charge in [-0.25, -0.2) is 9.67 Å². The number of carbonyl (C=O) groups is 3. The minimum Gasteiger partial charge on any atom is -0.378 e. The molecule has 11 heteroatoms. The highest BCUT2D eigenvalue weighted by Crippen LogP contribution is 2.31. The van der Waals surface area contributed by atoms with Crippen LogP contribution in [0.5, 0.6) is 0 Å². The number of nitrogens with zero attached hydrogens (tertiary/aromatic N) is 4. The summed E-state index contributed by atoms with van der Waals surface area (Å²) in [7, 11) is 0. The molecule has 0 radical (unpaired) electrons. The van der Waals surface area contributed by atoms with Crippen molar-refractivity contribution in [2.45, 2.75) is 12.5 Å². The van der Waals surface area contributed by atoms with E-state index < -0.39 is 23.6 Å². The Morgan fingerprint density at radius 2 is 1.80 bits per heavy atom. The van der Waals surface area contributed by atoms with Crippen LogP contribution in [0, 0.1) is 0 Å². The molecule has 2 aromatic heterocycles. The maximum atomic E-state index is 13.4. The van der Waals surface area contributed by atoms with E-state index >= 15 is 0 Å². The van der Waals surface area contributed by atoms with E-state index in [1.165, 1.54) is 10.9 Å². The molecule has 4 aromatic rings. The van der Waals surface area contributed by atoms with Crippen LogP contribution in [0.3, 0.4) is 0 Å². The Bertz CT molecular complexity index is 1530. The Labute approximate surface area is 235 Å². The molecule has 3 N–H and O–H groups in total. The molecule has 5 rings (SSSR count). The van der Waals surface area contributed by atoms with Crippen molar-refractivity contribution in [3.05, 3.63) is 95.3 Å². The van der Waals surface area contributed by atoms with E-state index in [0.29, 0.717) is 23.9 Å². The Hall–Kier alpha value is -4.54. The van der Waals surface area contributed by atoms with Crippen LogP contribution in [0.4, 0.5) is 5.69 Å². The number of benzene rings is 2. The molecule has 1 aliphatic rings. The quantitative estimate of drug-likeness (QED) is 0.302. The topological polar surface area (TPSA) is 132 Å². The normalized spacial score (nSPS) is 14.0. The summed E-state index contributed by atoms with van der Waals surface area (Å²) in [5.74, 6) is -2.36. The van der Waals surface area contributed by atoms with Crippen LogP contribution < -0.4 is 16.0 Å². The molecule has 2 amide bonds. The van der Waals surface area contributed by atoms with Crippen molar-refractivity contribution in [2.75, 3.05) is 31.2 Å². The van der Waals surface area contributed by atoms with Gasteiger partial charge in [0.25, 0.3) is 11.8 Å². The number of nitrogens with one attached hydrogen (secondary N) is 1. The molecule has 1 aliphatic heterocycles. The lowest BCUT2D eigenvalue weighted by Gasteiger charge is -2.29. The molecular formula is C29H27ClN6O4. The lowest BCUT2D eigenvalue weighted by atomic mass is 10.0. The molecule has 40 heavy (non-hydrogen) atoms. The first-order chi connectivity index (χ1) is 19.4. The number of ether oxygens (including phenoxy) is 1. The molecule has 2 aromatic carbocycles. The van der Waals surface area contributed by atoms with Crippen molar-refractivity contribution in [3.8, 4) is 17.1 Å². The third-order valence-electron chi connectivity index (χ3n) is 6.59. The predicted octanol–water partition coefficient (Wildman–Crippen LogP) is 2.82. The number of ketones is 1. The van der Waals surface area contributed by atoms with Crippen molar-refractivity contribution in [3.63, 3.8) is 0 Å². The van der Waals surface area contributed by atoms with Gasteiger partial charge in [0.2, 0.25) is 5.78 Å². The van der Waals surface area contributed by atoms with Crippen molar-refractivity contribution in [1.29, 1.82) is 0 Å². The van der Waals surface area contributed by atoms with E-state index in [-0.39, 0.29) is 17.8 Å². The van der Waals surface area contributed by atoms with Crippen LogP contribution in [0.25, 0.3) is 17.1 Å². The number of carbonyl (C=O) groups excluding carboxylic acids is 3. The summed E-state index contributed by atoms with van der Waals surface area (Å²) in [6.45, 7) is 2.94. The van der Waals surface area contributed by atoms with Crippen LogP contribution in [0.1, 0.15) is 15.9 Å². The molecular weight excluding hydrogens is 532 g/mol. The standard InChI is InChI=1S/C29H27ClN6O4/c30-23-18-20(35-13-15-40-16-14-35)8-9-21(23)24-10-12-36(34-24)28-22(7-4-11-32-28)29(39)33-25(26(37)27(31)38)17-19-5-2-1-3-6-19/h1-12,18,25H,13-17H2,(H2,31,38)(H,33,39). The lowest BCUT2D eigenvalue weighted by molar-refractivity contribution is -0.137. The van der Waals surface area contributed by atoms with Crippen LogP contribution in [-0.4, -0.2) is 64.7 Å². The zero-order chi connectivity index (χ0) is 28.1. The van der Waals surface area contributed by atoms with E-state index in [1.54, 1.807) is 48.7 Å². The fourth-order valence-corrected chi connectivity index (χ4v) is 4.81. The van der Waals surface area contributed by atoms with Crippen molar-refractivity contribution < 1.29 is 19.1 Å².